The largest absolute Gasteiger partial charge is 0.534 e. The van der Waals surface area contributed by atoms with E-state index in [0.29, 0.717) is 17.7 Å². The molecule has 0 amide bonds. The molecule has 0 aliphatic heterocycles. The minimum atomic E-state index is -5.78. The van der Waals surface area contributed by atoms with E-state index >= 15 is 0 Å². The first-order valence-corrected chi connectivity index (χ1v) is 12.9. The average Bonchev–Trinajstić information content (AvgIpc) is 2.80. The maximum absolute atomic E-state index is 14.1. The molecule has 1 unspecified atom stereocenters. The number of pyridine rings is 1. The van der Waals surface area contributed by atoms with Crippen LogP contribution >= 0.6 is 0 Å². The molecule has 1 aromatic heterocycles. The van der Waals surface area contributed by atoms with Gasteiger partial charge in [-0.25, -0.2) is 4.39 Å². The number of nitrogens with zero attached hydrogens (tertiary/aromatic N) is 1. The molecule has 10 heteroatoms. The lowest BCUT2D eigenvalue weighted by Crippen LogP contribution is -2.28. The molecule has 36 heavy (non-hydrogen) atoms. The summed E-state index contributed by atoms with van der Waals surface area (Å²) in [5.74, 6) is -1.10. The van der Waals surface area contributed by atoms with Crippen molar-refractivity contribution < 1.29 is 30.2 Å². The van der Waals surface area contributed by atoms with Crippen molar-refractivity contribution in [1.82, 2.24) is 4.98 Å². The van der Waals surface area contributed by atoms with E-state index in [-0.39, 0.29) is 17.8 Å². The third-order valence-corrected chi connectivity index (χ3v) is 6.46. The summed E-state index contributed by atoms with van der Waals surface area (Å²) in [5, 5.41) is 3.33. The minimum Gasteiger partial charge on any atom is -0.382 e. The van der Waals surface area contributed by atoms with Crippen LogP contribution in [0.25, 0.3) is 11.1 Å². The van der Waals surface area contributed by atoms with Crippen molar-refractivity contribution in [2.24, 2.45) is 0 Å². The summed E-state index contributed by atoms with van der Waals surface area (Å²) in [6.07, 6.45) is 3.44. The number of nitrogens with one attached hydrogen (secondary N) is 1. The molecule has 1 atom stereocenters. The molecule has 0 saturated heterocycles. The molecule has 0 radical (unpaired) electrons. The molecule has 0 spiro atoms. The van der Waals surface area contributed by atoms with Gasteiger partial charge in [0.05, 0.1) is 6.20 Å². The zero-order chi connectivity index (χ0) is 26.5. The quantitative estimate of drug-likeness (QED) is 0.172. The zero-order valence-electron chi connectivity index (χ0n) is 20.1. The summed E-state index contributed by atoms with van der Waals surface area (Å²) < 4.78 is 78.7. The molecule has 0 aliphatic carbocycles. The van der Waals surface area contributed by atoms with E-state index in [2.05, 4.69) is 14.5 Å². The first-order chi connectivity index (χ1) is 16.9. The fourth-order valence-electron chi connectivity index (χ4n) is 3.83. The van der Waals surface area contributed by atoms with Crippen LogP contribution in [0.5, 0.6) is 5.75 Å². The van der Waals surface area contributed by atoms with E-state index < -0.39 is 21.4 Å². The highest BCUT2D eigenvalue weighted by Crippen LogP contribution is 2.35. The third kappa shape index (κ3) is 6.75. The second kappa shape index (κ2) is 11.3. The van der Waals surface area contributed by atoms with Gasteiger partial charge in [0, 0.05) is 28.9 Å². The van der Waals surface area contributed by atoms with E-state index in [4.69, 9.17) is 0 Å². The van der Waals surface area contributed by atoms with Crippen molar-refractivity contribution in [2.75, 3.05) is 5.32 Å². The van der Waals surface area contributed by atoms with Crippen LogP contribution in [-0.2, 0) is 10.1 Å². The maximum atomic E-state index is 14.1. The summed E-state index contributed by atoms with van der Waals surface area (Å²) in [7, 11) is -5.78. The average molecular weight is 525 g/mol. The number of anilines is 1. The standard InChI is InChI=1S/C26H28F4N2O3S/c1-4-5-9-22(24-13-11-21(16-31-24)35-36(33,34)26(28,29)30)18-7-6-8-19(14-18)23-15-20(27)10-12-25(23)32-17(2)3/h6-8,10-17,22,32H,4-5,9H2,1-3H3. The Morgan fingerprint density at radius 1 is 1.06 bits per heavy atom. The SMILES string of the molecule is CCCCC(c1cccc(-c2cc(F)ccc2NC(C)C)c1)c1ccc(OS(=O)(=O)C(F)(F)F)cn1. The lowest BCUT2D eigenvalue weighted by molar-refractivity contribution is -0.0500. The van der Waals surface area contributed by atoms with E-state index in [0.717, 1.165) is 41.9 Å². The van der Waals surface area contributed by atoms with Gasteiger partial charge in [-0.05, 0) is 61.7 Å². The van der Waals surface area contributed by atoms with Crippen LogP contribution in [0.4, 0.5) is 23.2 Å². The normalized spacial score (nSPS) is 13.0. The molecule has 0 saturated carbocycles. The third-order valence-electron chi connectivity index (χ3n) is 5.48. The molecule has 3 aromatic rings. The zero-order valence-corrected chi connectivity index (χ0v) is 21.0. The van der Waals surface area contributed by atoms with Crippen LogP contribution in [-0.4, -0.2) is 25.0 Å². The fraction of sp³-hybridized carbons (Fsp3) is 0.346. The summed E-state index contributed by atoms with van der Waals surface area (Å²) in [6, 6.07) is 14.9. The number of benzene rings is 2. The molecule has 0 aliphatic rings. The topological polar surface area (TPSA) is 68.3 Å². The van der Waals surface area contributed by atoms with Crippen molar-refractivity contribution in [1.29, 1.82) is 0 Å². The smallest absolute Gasteiger partial charge is 0.382 e. The summed E-state index contributed by atoms with van der Waals surface area (Å²) in [6.45, 7) is 6.02. The molecular formula is C26H28F4N2O3S. The molecular weight excluding hydrogens is 496 g/mol. The van der Waals surface area contributed by atoms with Crippen molar-refractivity contribution in [3.05, 3.63) is 77.9 Å². The molecule has 1 N–H and O–H groups in total. The number of unbranched alkanes of at least 4 members (excludes halogenated alkanes) is 1. The Morgan fingerprint density at radius 3 is 2.42 bits per heavy atom. The van der Waals surface area contributed by atoms with Gasteiger partial charge in [-0.2, -0.15) is 21.6 Å². The Labute approximate surface area is 208 Å². The second-order valence-electron chi connectivity index (χ2n) is 8.71. The molecule has 194 valence electrons. The summed E-state index contributed by atoms with van der Waals surface area (Å²) in [5.41, 5.74) is -1.79. The molecule has 5 nitrogen and oxygen atoms in total. The minimum absolute atomic E-state index is 0.140. The van der Waals surface area contributed by atoms with Gasteiger partial charge in [-0.1, -0.05) is 44.0 Å². The van der Waals surface area contributed by atoms with Crippen molar-refractivity contribution in [2.45, 2.75) is 57.5 Å². The highest BCUT2D eigenvalue weighted by atomic mass is 32.2. The van der Waals surface area contributed by atoms with E-state index in [1.54, 1.807) is 6.07 Å². The second-order valence-corrected chi connectivity index (χ2v) is 10.2. The molecule has 3 rings (SSSR count). The summed E-state index contributed by atoms with van der Waals surface area (Å²) >= 11 is 0. The number of hydrogen-bond acceptors (Lipinski definition) is 5. The number of halogens is 4. The maximum Gasteiger partial charge on any atom is 0.534 e. The van der Waals surface area contributed by atoms with Crippen molar-refractivity contribution in [3.63, 3.8) is 0 Å². The van der Waals surface area contributed by atoms with Crippen LogP contribution in [0.15, 0.2) is 60.8 Å². The Hall–Kier alpha value is -3.14. The van der Waals surface area contributed by atoms with Crippen LogP contribution < -0.4 is 9.50 Å². The lowest BCUT2D eigenvalue weighted by Gasteiger charge is -2.20. The van der Waals surface area contributed by atoms with E-state index in [1.807, 2.05) is 45.0 Å². The van der Waals surface area contributed by atoms with Crippen molar-refractivity contribution >= 4 is 15.8 Å². The highest BCUT2D eigenvalue weighted by Gasteiger charge is 2.48. The van der Waals surface area contributed by atoms with Gasteiger partial charge in [0.25, 0.3) is 0 Å². The number of alkyl halides is 3. The Kier molecular flexibility index (Phi) is 8.60. The number of aromatic nitrogens is 1. The number of hydrogen-bond donors (Lipinski definition) is 1. The first-order valence-electron chi connectivity index (χ1n) is 11.5. The van der Waals surface area contributed by atoms with E-state index in [9.17, 15) is 26.0 Å². The van der Waals surface area contributed by atoms with Gasteiger partial charge in [0.1, 0.15) is 5.82 Å². The van der Waals surface area contributed by atoms with Gasteiger partial charge < -0.3 is 9.50 Å². The predicted octanol–water partition coefficient (Wildman–Crippen LogP) is 7.26. The lowest BCUT2D eigenvalue weighted by atomic mass is 9.88. The van der Waals surface area contributed by atoms with Gasteiger partial charge in [-0.15, -0.1) is 0 Å². The van der Waals surface area contributed by atoms with Crippen LogP contribution in [0.3, 0.4) is 0 Å². The Balaban J connectivity index is 1.97. The Bertz CT molecular complexity index is 1280. The van der Waals surface area contributed by atoms with Gasteiger partial charge in [0.15, 0.2) is 5.75 Å². The fourth-order valence-corrected chi connectivity index (χ4v) is 4.28. The molecule has 0 bridgehead atoms. The van der Waals surface area contributed by atoms with Crippen LogP contribution in [0, 0.1) is 5.82 Å². The highest BCUT2D eigenvalue weighted by molar-refractivity contribution is 7.88. The molecule has 1 heterocycles. The van der Waals surface area contributed by atoms with Gasteiger partial charge in [-0.3, -0.25) is 4.98 Å². The van der Waals surface area contributed by atoms with Gasteiger partial charge in [0.2, 0.25) is 0 Å². The molecule has 2 aromatic carbocycles. The van der Waals surface area contributed by atoms with Crippen LogP contribution in [0.2, 0.25) is 0 Å². The van der Waals surface area contributed by atoms with Gasteiger partial charge >= 0.3 is 15.6 Å². The first kappa shape index (κ1) is 27.4. The summed E-state index contributed by atoms with van der Waals surface area (Å²) in [4.78, 5) is 4.22. The number of rotatable bonds is 10. The van der Waals surface area contributed by atoms with Crippen LogP contribution in [0.1, 0.15) is 57.2 Å². The monoisotopic (exact) mass is 524 g/mol. The van der Waals surface area contributed by atoms with Crippen molar-refractivity contribution in [3.8, 4) is 16.9 Å². The molecule has 0 fully saturated rings. The van der Waals surface area contributed by atoms with E-state index in [1.165, 1.54) is 18.2 Å². The predicted molar refractivity (Wildman–Crippen MR) is 132 cm³/mol. The Morgan fingerprint density at radius 2 is 1.81 bits per heavy atom.